The van der Waals surface area contributed by atoms with Gasteiger partial charge < -0.3 is 14.6 Å². The second-order valence-electron chi connectivity index (χ2n) is 6.61. The molecule has 0 bridgehead atoms. The maximum atomic E-state index is 12.4. The molecule has 1 aromatic heterocycles. The van der Waals surface area contributed by atoms with Crippen molar-refractivity contribution in [3.05, 3.63) is 23.7 Å². The van der Waals surface area contributed by atoms with Gasteiger partial charge >= 0.3 is 0 Å². The lowest BCUT2D eigenvalue weighted by atomic mass is 10.1. The number of rotatable bonds is 7. The number of carbonyl (C=O) groups excluding carboxylic acids is 2. The molecule has 0 saturated carbocycles. The van der Waals surface area contributed by atoms with Crippen molar-refractivity contribution in [1.82, 2.24) is 10.2 Å². The molecule has 23 heavy (non-hydrogen) atoms. The largest absolute Gasteiger partial charge is 0.464 e. The van der Waals surface area contributed by atoms with Gasteiger partial charge in [0.05, 0.1) is 12.6 Å². The van der Waals surface area contributed by atoms with Crippen LogP contribution < -0.4 is 5.32 Å². The fourth-order valence-corrected chi connectivity index (χ4v) is 2.91. The number of carbonyl (C=O) groups is 2. The number of furan rings is 1. The predicted octanol–water partition coefficient (Wildman–Crippen LogP) is 3.06. The maximum Gasteiger partial charge on any atom is 0.242 e. The standard InChI is InChI=1S/C18H28N2O3/c1-4-14-8-9-16(23-14)15-6-5-11-20(15)18(22)12-19-17(21)10-7-13(2)3/h8-9,13,15H,4-7,10-12H2,1-3H3,(H,19,21)/t15-/m0/s1. The van der Waals surface area contributed by atoms with Crippen LogP contribution in [0, 0.1) is 5.92 Å². The minimum Gasteiger partial charge on any atom is -0.464 e. The Hall–Kier alpha value is -1.78. The summed E-state index contributed by atoms with van der Waals surface area (Å²) in [6, 6.07) is 3.95. The monoisotopic (exact) mass is 320 g/mol. The molecule has 1 fully saturated rings. The van der Waals surface area contributed by atoms with Gasteiger partial charge in [0.2, 0.25) is 11.8 Å². The van der Waals surface area contributed by atoms with Gasteiger partial charge in [-0.2, -0.15) is 0 Å². The molecule has 128 valence electrons. The zero-order valence-corrected chi connectivity index (χ0v) is 14.4. The topological polar surface area (TPSA) is 62.6 Å². The van der Waals surface area contributed by atoms with Crippen LogP contribution in [-0.2, 0) is 16.0 Å². The highest BCUT2D eigenvalue weighted by molar-refractivity contribution is 5.85. The lowest BCUT2D eigenvalue weighted by Crippen LogP contribution is -2.39. The van der Waals surface area contributed by atoms with Gasteiger partial charge in [-0.25, -0.2) is 0 Å². The van der Waals surface area contributed by atoms with Gasteiger partial charge in [-0.05, 0) is 37.3 Å². The number of hydrogen-bond acceptors (Lipinski definition) is 3. The molecule has 2 amide bonds. The van der Waals surface area contributed by atoms with Crippen LogP contribution in [0.2, 0.25) is 0 Å². The SMILES string of the molecule is CCc1ccc([C@@H]2CCCN2C(=O)CNC(=O)CCC(C)C)o1. The Morgan fingerprint density at radius 2 is 2.17 bits per heavy atom. The van der Waals surface area contributed by atoms with Crippen LogP contribution in [0.3, 0.4) is 0 Å². The molecule has 2 rings (SSSR count). The summed E-state index contributed by atoms with van der Waals surface area (Å²) in [7, 11) is 0. The molecule has 5 heteroatoms. The zero-order valence-electron chi connectivity index (χ0n) is 14.4. The lowest BCUT2D eigenvalue weighted by Gasteiger charge is -2.23. The molecule has 1 saturated heterocycles. The first-order valence-corrected chi connectivity index (χ1v) is 8.66. The third-order valence-electron chi connectivity index (χ3n) is 4.32. The smallest absolute Gasteiger partial charge is 0.242 e. The molecule has 0 radical (unpaired) electrons. The predicted molar refractivity (Wildman–Crippen MR) is 88.9 cm³/mol. The van der Waals surface area contributed by atoms with E-state index >= 15 is 0 Å². The van der Waals surface area contributed by atoms with Crippen LogP contribution in [0.25, 0.3) is 0 Å². The van der Waals surface area contributed by atoms with Crippen molar-refractivity contribution in [1.29, 1.82) is 0 Å². The third kappa shape index (κ3) is 4.85. The maximum absolute atomic E-state index is 12.4. The molecule has 0 aromatic carbocycles. The van der Waals surface area contributed by atoms with E-state index in [-0.39, 0.29) is 24.4 Å². The van der Waals surface area contributed by atoms with E-state index in [1.807, 2.05) is 24.0 Å². The summed E-state index contributed by atoms with van der Waals surface area (Å²) in [5.74, 6) is 2.22. The number of aryl methyl sites for hydroxylation is 1. The fraction of sp³-hybridized carbons (Fsp3) is 0.667. The number of likely N-dealkylation sites (tertiary alicyclic amines) is 1. The van der Waals surface area contributed by atoms with Crippen molar-refractivity contribution in [3.63, 3.8) is 0 Å². The first-order valence-electron chi connectivity index (χ1n) is 8.66. The van der Waals surface area contributed by atoms with Crippen LogP contribution in [0.1, 0.15) is 64.0 Å². The lowest BCUT2D eigenvalue weighted by molar-refractivity contribution is -0.134. The van der Waals surface area contributed by atoms with E-state index in [4.69, 9.17) is 4.42 Å². The summed E-state index contributed by atoms with van der Waals surface area (Å²) in [6.45, 7) is 7.03. The fourth-order valence-electron chi connectivity index (χ4n) is 2.91. The quantitative estimate of drug-likeness (QED) is 0.840. The van der Waals surface area contributed by atoms with E-state index in [0.717, 1.165) is 43.7 Å². The van der Waals surface area contributed by atoms with Crippen molar-refractivity contribution in [3.8, 4) is 0 Å². The summed E-state index contributed by atoms with van der Waals surface area (Å²) >= 11 is 0. The molecule has 0 unspecified atom stereocenters. The molecule has 1 aliphatic rings. The van der Waals surface area contributed by atoms with E-state index in [9.17, 15) is 9.59 Å². The number of nitrogens with one attached hydrogen (secondary N) is 1. The minimum absolute atomic E-state index is 0.00960. The van der Waals surface area contributed by atoms with Gasteiger partial charge in [0.25, 0.3) is 0 Å². The summed E-state index contributed by atoms with van der Waals surface area (Å²) in [4.78, 5) is 26.0. The van der Waals surface area contributed by atoms with E-state index in [1.165, 1.54) is 0 Å². The van der Waals surface area contributed by atoms with Crippen molar-refractivity contribution < 1.29 is 14.0 Å². The van der Waals surface area contributed by atoms with Crippen molar-refractivity contribution >= 4 is 11.8 Å². The molecule has 1 atom stereocenters. The van der Waals surface area contributed by atoms with Crippen molar-refractivity contribution in [2.24, 2.45) is 5.92 Å². The Balaban J connectivity index is 1.86. The minimum atomic E-state index is -0.0472. The number of hydrogen-bond donors (Lipinski definition) is 1. The average Bonchev–Trinajstić information content (AvgIpc) is 3.18. The van der Waals surface area contributed by atoms with Crippen LogP contribution in [0.15, 0.2) is 16.5 Å². The molecular weight excluding hydrogens is 292 g/mol. The van der Waals surface area contributed by atoms with E-state index in [2.05, 4.69) is 19.2 Å². The third-order valence-corrected chi connectivity index (χ3v) is 4.32. The van der Waals surface area contributed by atoms with Gasteiger partial charge in [0.1, 0.15) is 11.5 Å². The van der Waals surface area contributed by atoms with E-state index < -0.39 is 0 Å². The Morgan fingerprint density at radius 3 is 2.83 bits per heavy atom. The van der Waals surface area contributed by atoms with Gasteiger partial charge in [-0.3, -0.25) is 9.59 Å². The molecule has 0 spiro atoms. The number of nitrogens with zero attached hydrogens (tertiary/aromatic N) is 1. The normalized spacial score (nSPS) is 17.7. The Kier molecular flexibility index (Phi) is 6.25. The van der Waals surface area contributed by atoms with E-state index in [1.54, 1.807) is 0 Å². The zero-order chi connectivity index (χ0) is 16.8. The van der Waals surface area contributed by atoms with Crippen LogP contribution >= 0.6 is 0 Å². The molecule has 2 heterocycles. The summed E-state index contributed by atoms with van der Waals surface area (Å²) in [6.07, 6.45) is 4.07. The Labute approximate surface area is 138 Å². The second kappa shape index (κ2) is 8.18. The molecule has 5 nitrogen and oxygen atoms in total. The second-order valence-corrected chi connectivity index (χ2v) is 6.61. The molecule has 1 aromatic rings. The van der Waals surface area contributed by atoms with E-state index in [0.29, 0.717) is 12.3 Å². The van der Waals surface area contributed by atoms with Crippen LogP contribution in [0.5, 0.6) is 0 Å². The van der Waals surface area contributed by atoms with Crippen molar-refractivity contribution in [2.75, 3.05) is 13.1 Å². The molecule has 1 aliphatic heterocycles. The van der Waals surface area contributed by atoms with Gasteiger partial charge in [0.15, 0.2) is 0 Å². The highest BCUT2D eigenvalue weighted by atomic mass is 16.3. The Bertz CT molecular complexity index is 536. The van der Waals surface area contributed by atoms with Crippen LogP contribution in [-0.4, -0.2) is 29.8 Å². The average molecular weight is 320 g/mol. The number of amides is 2. The molecule has 0 aliphatic carbocycles. The molecule has 1 N–H and O–H groups in total. The van der Waals surface area contributed by atoms with Gasteiger partial charge in [-0.1, -0.05) is 20.8 Å². The van der Waals surface area contributed by atoms with Gasteiger partial charge in [-0.15, -0.1) is 0 Å². The summed E-state index contributed by atoms with van der Waals surface area (Å²) in [5, 5.41) is 2.74. The molecular formula is C18H28N2O3. The first-order chi connectivity index (χ1) is 11.0. The highest BCUT2D eigenvalue weighted by Gasteiger charge is 2.31. The van der Waals surface area contributed by atoms with Crippen molar-refractivity contribution in [2.45, 2.75) is 58.9 Å². The summed E-state index contributed by atoms with van der Waals surface area (Å²) < 4.78 is 5.81. The first kappa shape index (κ1) is 17.6. The highest BCUT2D eigenvalue weighted by Crippen LogP contribution is 2.32. The van der Waals surface area contributed by atoms with Crippen LogP contribution in [0.4, 0.5) is 0 Å². The Morgan fingerprint density at radius 1 is 1.39 bits per heavy atom. The summed E-state index contributed by atoms with van der Waals surface area (Å²) in [5.41, 5.74) is 0. The van der Waals surface area contributed by atoms with Gasteiger partial charge in [0, 0.05) is 19.4 Å².